The molecule has 0 bridgehead atoms. The van der Waals surface area contributed by atoms with E-state index in [-0.39, 0.29) is 24.2 Å². The number of hydrogen-bond donors (Lipinski definition) is 0. The molecule has 1 unspecified atom stereocenters. The van der Waals surface area contributed by atoms with Crippen LogP contribution in [0.1, 0.15) is 35.3 Å². The fourth-order valence-electron chi connectivity index (χ4n) is 2.96. The molecule has 0 saturated heterocycles. The van der Waals surface area contributed by atoms with Gasteiger partial charge in [0.05, 0.1) is 11.6 Å². The van der Waals surface area contributed by atoms with Gasteiger partial charge in [-0.15, -0.1) is 0 Å². The maximum Gasteiger partial charge on any atom is 0.260 e. The second kappa shape index (κ2) is 8.21. The molecule has 0 spiro atoms. The number of carbonyl (C=O) groups excluding carboxylic acids is 2. The second-order valence-electron chi connectivity index (χ2n) is 6.09. The van der Waals surface area contributed by atoms with Crippen molar-refractivity contribution in [3.05, 3.63) is 96.3 Å². The highest BCUT2D eigenvalue weighted by molar-refractivity contribution is 6.06. The van der Waals surface area contributed by atoms with Crippen molar-refractivity contribution in [2.24, 2.45) is 0 Å². The number of aromatic nitrogens is 1. The van der Waals surface area contributed by atoms with Gasteiger partial charge in [0.1, 0.15) is 5.78 Å². The minimum Gasteiger partial charge on any atom is -0.300 e. The van der Waals surface area contributed by atoms with Gasteiger partial charge in [-0.2, -0.15) is 0 Å². The zero-order chi connectivity index (χ0) is 18.4. The predicted octanol–water partition coefficient (Wildman–Crippen LogP) is 4.45. The van der Waals surface area contributed by atoms with E-state index in [1.165, 1.54) is 0 Å². The number of Topliss-reactive ketones (excluding diaryl/α,β-unsaturated/α-hetero) is 1. The van der Waals surface area contributed by atoms with Crippen molar-refractivity contribution in [3.8, 4) is 0 Å². The molecule has 26 heavy (non-hydrogen) atoms. The fraction of sp³-hybridized carbons (Fsp3) is 0.136. The van der Waals surface area contributed by atoms with E-state index >= 15 is 0 Å². The van der Waals surface area contributed by atoms with Crippen molar-refractivity contribution in [2.45, 2.75) is 19.4 Å². The third-order valence-corrected chi connectivity index (χ3v) is 4.14. The maximum absolute atomic E-state index is 13.3. The first-order valence-electron chi connectivity index (χ1n) is 8.50. The molecule has 4 heteroatoms. The number of benzene rings is 2. The number of rotatable bonds is 6. The van der Waals surface area contributed by atoms with Gasteiger partial charge >= 0.3 is 0 Å². The van der Waals surface area contributed by atoms with E-state index in [9.17, 15) is 9.59 Å². The van der Waals surface area contributed by atoms with Crippen LogP contribution < -0.4 is 4.90 Å². The van der Waals surface area contributed by atoms with E-state index < -0.39 is 0 Å². The summed E-state index contributed by atoms with van der Waals surface area (Å²) in [6.07, 6.45) is 3.42. The van der Waals surface area contributed by atoms with Gasteiger partial charge in [0, 0.05) is 24.5 Å². The van der Waals surface area contributed by atoms with Crippen LogP contribution in [0.5, 0.6) is 0 Å². The molecular formula is C22H20N2O2. The average Bonchev–Trinajstić information content (AvgIpc) is 2.69. The summed E-state index contributed by atoms with van der Waals surface area (Å²) in [5.41, 5.74) is 2.15. The monoisotopic (exact) mass is 344 g/mol. The summed E-state index contributed by atoms with van der Waals surface area (Å²) in [6, 6.07) is 22.2. The Morgan fingerprint density at radius 3 is 2.15 bits per heavy atom. The van der Waals surface area contributed by atoms with Crippen molar-refractivity contribution < 1.29 is 9.59 Å². The molecule has 130 valence electrons. The maximum atomic E-state index is 13.3. The first-order valence-corrected chi connectivity index (χ1v) is 8.50. The molecule has 0 fully saturated rings. The van der Waals surface area contributed by atoms with Crippen LogP contribution in [-0.2, 0) is 4.79 Å². The highest BCUT2D eigenvalue weighted by Crippen LogP contribution is 2.31. The van der Waals surface area contributed by atoms with Crippen LogP contribution in [0.25, 0.3) is 0 Å². The largest absolute Gasteiger partial charge is 0.300 e. The number of carbonyl (C=O) groups is 2. The Bertz CT molecular complexity index is 864. The molecule has 0 radical (unpaired) electrons. The highest BCUT2D eigenvalue weighted by atomic mass is 16.2. The van der Waals surface area contributed by atoms with Crippen LogP contribution in [0.2, 0.25) is 0 Å². The molecular weight excluding hydrogens is 324 g/mol. The summed E-state index contributed by atoms with van der Waals surface area (Å²) < 4.78 is 0. The van der Waals surface area contributed by atoms with Gasteiger partial charge in [-0.25, -0.2) is 0 Å². The van der Waals surface area contributed by atoms with Gasteiger partial charge in [0.15, 0.2) is 0 Å². The lowest BCUT2D eigenvalue weighted by Crippen LogP contribution is -2.36. The molecule has 0 saturated carbocycles. The number of pyridine rings is 1. The average molecular weight is 344 g/mol. The summed E-state index contributed by atoms with van der Waals surface area (Å²) in [4.78, 5) is 31.0. The quantitative estimate of drug-likeness (QED) is 0.664. The van der Waals surface area contributed by atoms with E-state index in [2.05, 4.69) is 4.98 Å². The first-order chi connectivity index (χ1) is 12.7. The Kier molecular flexibility index (Phi) is 5.54. The van der Waals surface area contributed by atoms with Gasteiger partial charge in [-0.1, -0.05) is 48.5 Å². The lowest BCUT2D eigenvalue weighted by Gasteiger charge is -2.32. The van der Waals surface area contributed by atoms with E-state index in [1.54, 1.807) is 36.4 Å². The normalized spacial score (nSPS) is 11.6. The number of para-hydroxylation sites is 1. The molecule has 0 aliphatic heterocycles. The van der Waals surface area contributed by atoms with Crippen molar-refractivity contribution in [1.29, 1.82) is 0 Å². The van der Waals surface area contributed by atoms with Crippen LogP contribution in [0.3, 0.4) is 0 Å². The summed E-state index contributed by atoms with van der Waals surface area (Å²) in [5, 5.41) is 0. The van der Waals surface area contributed by atoms with Crippen molar-refractivity contribution >= 4 is 17.4 Å². The van der Waals surface area contributed by atoms with E-state index in [0.717, 1.165) is 11.3 Å². The highest BCUT2D eigenvalue weighted by Gasteiger charge is 2.28. The Hall–Kier alpha value is -3.27. The Morgan fingerprint density at radius 2 is 1.58 bits per heavy atom. The topological polar surface area (TPSA) is 50.3 Å². The molecule has 3 aromatic rings. The minimum absolute atomic E-state index is 0.0266. The summed E-state index contributed by atoms with van der Waals surface area (Å²) in [7, 11) is 0. The smallest absolute Gasteiger partial charge is 0.260 e. The van der Waals surface area contributed by atoms with Crippen molar-refractivity contribution in [1.82, 2.24) is 4.98 Å². The summed E-state index contributed by atoms with van der Waals surface area (Å²) >= 11 is 0. The van der Waals surface area contributed by atoms with Crippen LogP contribution in [-0.4, -0.2) is 16.7 Å². The Morgan fingerprint density at radius 1 is 0.923 bits per heavy atom. The number of nitrogens with zero attached hydrogens (tertiary/aromatic N) is 2. The minimum atomic E-state index is -0.385. The lowest BCUT2D eigenvalue weighted by atomic mass is 9.98. The third kappa shape index (κ3) is 4.03. The molecule has 0 N–H and O–H groups in total. The second-order valence-corrected chi connectivity index (χ2v) is 6.09. The van der Waals surface area contributed by atoms with Crippen molar-refractivity contribution in [2.75, 3.05) is 4.90 Å². The molecule has 1 atom stereocenters. The van der Waals surface area contributed by atoms with Crippen molar-refractivity contribution in [3.63, 3.8) is 0 Å². The number of amides is 1. The lowest BCUT2D eigenvalue weighted by molar-refractivity contribution is -0.117. The van der Waals surface area contributed by atoms with Gasteiger partial charge in [-0.3, -0.25) is 14.6 Å². The van der Waals surface area contributed by atoms with Gasteiger partial charge in [0.25, 0.3) is 5.91 Å². The van der Waals surface area contributed by atoms with Gasteiger partial charge in [0.2, 0.25) is 0 Å². The SMILES string of the molecule is CC(=O)CC(c1ccccc1)N(C(=O)c1cccnc1)c1ccccc1. The molecule has 1 heterocycles. The van der Waals surface area contributed by atoms with Gasteiger partial charge < -0.3 is 4.90 Å². The first kappa shape index (κ1) is 17.5. The standard InChI is InChI=1S/C22H20N2O2/c1-17(25)15-21(18-9-4-2-5-10-18)24(20-12-6-3-7-13-20)22(26)19-11-8-14-23-16-19/h2-14,16,21H,15H2,1H3. The number of ketones is 1. The third-order valence-electron chi connectivity index (χ3n) is 4.14. The van der Waals surface area contributed by atoms with E-state index in [0.29, 0.717) is 5.56 Å². The molecule has 2 aromatic carbocycles. The van der Waals surface area contributed by atoms with E-state index in [4.69, 9.17) is 0 Å². The summed E-state index contributed by atoms with van der Waals surface area (Å²) in [5.74, 6) is -0.154. The van der Waals surface area contributed by atoms with Gasteiger partial charge in [-0.05, 0) is 36.8 Å². The predicted molar refractivity (Wildman–Crippen MR) is 102 cm³/mol. The van der Waals surface area contributed by atoms with E-state index in [1.807, 2.05) is 60.7 Å². The van der Waals surface area contributed by atoms with Crippen LogP contribution in [0.4, 0.5) is 5.69 Å². The van der Waals surface area contributed by atoms with Crippen LogP contribution in [0, 0.1) is 0 Å². The molecule has 4 nitrogen and oxygen atoms in total. The Balaban J connectivity index is 2.11. The van der Waals surface area contributed by atoms with Crippen LogP contribution >= 0.6 is 0 Å². The zero-order valence-corrected chi connectivity index (χ0v) is 14.6. The molecule has 0 aliphatic rings. The summed E-state index contributed by atoms with van der Waals surface area (Å²) in [6.45, 7) is 1.55. The molecule has 0 aliphatic carbocycles. The fourth-order valence-corrected chi connectivity index (χ4v) is 2.96. The number of hydrogen-bond acceptors (Lipinski definition) is 3. The Labute approximate surface area is 153 Å². The molecule has 1 amide bonds. The molecule has 3 rings (SSSR count). The number of anilines is 1. The zero-order valence-electron chi connectivity index (χ0n) is 14.6. The molecule has 1 aromatic heterocycles. The van der Waals surface area contributed by atoms with Crippen LogP contribution in [0.15, 0.2) is 85.2 Å².